The van der Waals surface area contributed by atoms with Crippen LogP contribution in [0.2, 0.25) is 0 Å². The number of rotatable bonds is 6. The Hall–Kier alpha value is -3.82. The average molecular weight is 521 g/mol. The molecule has 1 aliphatic rings. The van der Waals surface area contributed by atoms with Gasteiger partial charge in [-0.2, -0.15) is 0 Å². The molecule has 38 heavy (non-hydrogen) atoms. The first-order valence-corrected chi connectivity index (χ1v) is 15.7. The third-order valence-corrected chi connectivity index (χ3v) is 12.4. The molecule has 7 rings (SSSR count). The molecule has 0 N–H and O–H groups in total. The monoisotopic (exact) mass is 520 g/mol. The van der Waals surface area contributed by atoms with Crippen molar-refractivity contribution in [2.24, 2.45) is 0 Å². The second-order valence-electron chi connectivity index (χ2n) is 9.41. The molecular formula is C36H26P2. The van der Waals surface area contributed by atoms with Crippen LogP contribution in [0.5, 0.6) is 0 Å². The second kappa shape index (κ2) is 10.2. The predicted octanol–water partition coefficient (Wildman–Crippen LogP) is 6.85. The van der Waals surface area contributed by atoms with E-state index in [9.17, 15) is 0 Å². The van der Waals surface area contributed by atoms with Gasteiger partial charge >= 0.3 is 0 Å². The van der Waals surface area contributed by atoms with Gasteiger partial charge in [0, 0.05) is 5.30 Å². The smallest absolute Gasteiger partial charge is 0.00175 e. The first-order valence-electron chi connectivity index (χ1n) is 13.0. The molecule has 0 atom stereocenters. The minimum atomic E-state index is -0.774. The zero-order chi connectivity index (χ0) is 25.3. The maximum absolute atomic E-state index is 2.44. The zero-order valence-electron chi connectivity index (χ0n) is 20.9. The lowest BCUT2D eigenvalue weighted by Crippen LogP contribution is -2.37. The van der Waals surface area contributed by atoms with Crippen LogP contribution in [0.4, 0.5) is 0 Å². The van der Waals surface area contributed by atoms with E-state index in [1.165, 1.54) is 54.1 Å². The molecule has 180 valence electrons. The van der Waals surface area contributed by atoms with Crippen LogP contribution in [0.3, 0.4) is 0 Å². The van der Waals surface area contributed by atoms with Crippen LogP contribution in [-0.2, 0) is 0 Å². The summed E-state index contributed by atoms with van der Waals surface area (Å²) in [5.74, 6) is 0. The molecule has 2 heteroatoms. The molecule has 0 aliphatic heterocycles. The fraction of sp³-hybridized carbons (Fsp3) is 0. The standard InChI is InChI=1S/C36H26P2/c1-5-15-27(16-6-1)37(28-17-7-2-8-18-28)34-26-25-33-31-23-13-14-24-32(31)35(33)36(34)38(29-19-9-3-10-20-29)30-21-11-4-12-22-30/h1-26H. The van der Waals surface area contributed by atoms with Crippen molar-refractivity contribution >= 4 is 47.7 Å². The van der Waals surface area contributed by atoms with Gasteiger partial charge in [-0.15, -0.1) is 0 Å². The summed E-state index contributed by atoms with van der Waals surface area (Å²) >= 11 is 0. The van der Waals surface area contributed by atoms with Crippen molar-refractivity contribution < 1.29 is 0 Å². The molecule has 0 nitrogen and oxygen atoms in total. The Balaban J connectivity index is 1.57. The highest BCUT2D eigenvalue weighted by Gasteiger charge is 2.34. The quantitative estimate of drug-likeness (QED) is 0.211. The third kappa shape index (κ3) is 4.02. The van der Waals surface area contributed by atoms with Crippen molar-refractivity contribution in [1.29, 1.82) is 0 Å². The van der Waals surface area contributed by atoms with Gasteiger partial charge in [0.15, 0.2) is 0 Å². The summed E-state index contributed by atoms with van der Waals surface area (Å²) < 4.78 is 0. The fourth-order valence-corrected chi connectivity index (χ4v) is 11.0. The summed E-state index contributed by atoms with van der Waals surface area (Å²) in [5, 5.41) is 8.53. The number of hydrogen-bond acceptors (Lipinski definition) is 0. The molecule has 6 aromatic carbocycles. The molecule has 0 fully saturated rings. The van der Waals surface area contributed by atoms with E-state index >= 15 is 0 Å². The highest BCUT2D eigenvalue weighted by Crippen LogP contribution is 2.51. The van der Waals surface area contributed by atoms with Gasteiger partial charge < -0.3 is 0 Å². The number of fused-ring (bicyclic) bond motifs is 4. The van der Waals surface area contributed by atoms with Crippen molar-refractivity contribution in [1.82, 2.24) is 0 Å². The lowest BCUT2D eigenvalue weighted by Gasteiger charge is -2.35. The van der Waals surface area contributed by atoms with Crippen molar-refractivity contribution in [3.8, 4) is 22.3 Å². The molecule has 0 aromatic heterocycles. The van der Waals surface area contributed by atoms with Gasteiger partial charge in [-0.05, 0) is 64.6 Å². The van der Waals surface area contributed by atoms with E-state index in [4.69, 9.17) is 0 Å². The SMILES string of the molecule is c1ccc(P(c2ccccc2)c2ccc3c(c2P(c2ccccc2)c2ccccc2)-c2ccccc2-3)cc1. The Kier molecular flexibility index (Phi) is 6.23. The Morgan fingerprint density at radius 3 is 1.16 bits per heavy atom. The normalized spacial score (nSPS) is 11.6. The van der Waals surface area contributed by atoms with E-state index < -0.39 is 15.8 Å². The lowest BCUT2D eigenvalue weighted by molar-refractivity contribution is 1.55. The summed E-state index contributed by atoms with van der Waals surface area (Å²) in [6, 6.07) is 58.2. The maximum Gasteiger partial charge on any atom is 0.00175 e. The van der Waals surface area contributed by atoms with Crippen LogP contribution in [0.1, 0.15) is 0 Å². The van der Waals surface area contributed by atoms with Gasteiger partial charge in [-0.25, -0.2) is 0 Å². The van der Waals surface area contributed by atoms with Gasteiger partial charge in [0.2, 0.25) is 0 Å². The summed E-state index contributed by atoms with van der Waals surface area (Å²) in [6.45, 7) is 0. The van der Waals surface area contributed by atoms with Gasteiger partial charge in [0.05, 0.1) is 0 Å². The molecule has 6 aromatic rings. The Morgan fingerprint density at radius 2 is 0.684 bits per heavy atom. The number of benzene rings is 6. The molecule has 0 saturated carbocycles. The van der Waals surface area contributed by atoms with E-state index in [2.05, 4.69) is 158 Å². The average Bonchev–Trinajstić information content (AvgIpc) is 2.99. The Bertz CT molecular complexity index is 1620. The molecule has 0 bridgehead atoms. The number of hydrogen-bond donors (Lipinski definition) is 0. The van der Waals surface area contributed by atoms with E-state index in [-0.39, 0.29) is 0 Å². The first kappa shape index (κ1) is 23.3. The highest BCUT2D eigenvalue weighted by molar-refractivity contribution is 7.85. The van der Waals surface area contributed by atoms with Crippen LogP contribution in [0, 0.1) is 0 Å². The van der Waals surface area contributed by atoms with Crippen molar-refractivity contribution in [3.63, 3.8) is 0 Å². The summed E-state index contributed by atoms with van der Waals surface area (Å²) in [6.07, 6.45) is 0. The minimum Gasteiger partial charge on any atom is -0.0622 e. The highest BCUT2D eigenvalue weighted by atomic mass is 31.1. The topological polar surface area (TPSA) is 0 Å². The summed E-state index contributed by atoms with van der Waals surface area (Å²) in [5.41, 5.74) is 5.58. The molecular weight excluding hydrogens is 494 g/mol. The van der Waals surface area contributed by atoms with E-state index in [0.29, 0.717) is 0 Å². The van der Waals surface area contributed by atoms with Gasteiger partial charge in [-0.1, -0.05) is 158 Å². The molecule has 0 amide bonds. The zero-order valence-corrected chi connectivity index (χ0v) is 22.7. The van der Waals surface area contributed by atoms with Crippen LogP contribution < -0.4 is 31.8 Å². The van der Waals surface area contributed by atoms with Crippen LogP contribution in [0.15, 0.2) is 158 Å². The van der Waals surface area contributed by atoms with Crippen molar-refractivity contribution in [3.05, 3.63) is 158 Å². The lowest BCUT2D eigenvalue weighted by atomic mass is 9.81. The molecule has 0 spiro atoms. The molecule has 0 saturated heterocycles. The first-order chi connectivity index (χ1) is 18.9. The molecule has 0 unspecified atom stereocenters. The van der Waals surface area contributed by atoms with E-state index in [0.717, 1.165) is 0 Å². The van der Waals surface area contributed by atoms with Crippen LogP contribution in [-0.4, -0.2) is 0 Å². The Labute approximate surface area is 227 Å². The molecule has 1 aliphatic carbocycles. The Morgan fingerprint density at radius 1 is 0.289 bits per heavy atom. The summed E-state index contributed by atoms with van der Waals surface area (Å²) in [7, 11) is -1.52. The van der Waals surface area contributed by atoms with E-state index in [1.807, 2.05) is 0 Å². The fourth-order valence-electron chi connectivity index (χ4n) is 5.50. The van der Waals surface area contributed by atoms with E-state index in [1.54, 1.807) is 0 Å². The largest absolute Gasteiger partial charge is 0.0622 e. The van der Waals surface area contributed by atoms with Gasteiger partial charge in [0.1, 0.15) is 0 Å². The van der Waals surface area contributed by atoms with Crippen LogP contribution >= 0.6 is 15.8 Å². The molecule has 0 radical (unpaired) electrons. The maximum atomic E-state index is 2.44. The summed E-state index contributed by atoms with van der Waals surface area (Å²) in [4.78, 5) is 0. The van der Waals surface area contributed by atoms with Gasteiger partial charge in [-0.3, -0.25) is 0 Å². The minimum absolute atomic E-state index is 0.748. The van der Waals surface area contributed by atoms with Crippen molar-refractivity contribution in [2.45, 2.75) is 0 Å². The second-order valence-corrected chi connectivity index (χ2v) is 13.8. The van der Waals surface area contributed by atoms with Crippen LogP contribution in [0.25, 0.3) is 22.3 Å². The van der Waals surface area contributed by atoms with Gasteiger partial charge in [0.25, 0.3) is 0 Å². The van der Waals surface area contributed by atoms with Crippen molar-refractivity contribution in [2.75, 3.05) is 0 Å². The predicted molar refractivity (Wildman–Crippen MR) is 168 cm³/mol. The third-order valence-electron chi connectivity index (χ3n) is 7.17. The molecule has 0 heterocycles.